The number of hydrogen-bond acceptors (Lipinski definition) is 6. The third-order valence-electron chi connectivity index (χ3n) is 3.57. The Bertz CT molecular complexity index is 675. The van der Waals surface area contributed by atoms with Crippen molar-refractivity contribution in [2.75, 3.05) is 23.4 Å². The Morgan fingerprint density at radius 3 is 2.78 bits per heavy atom. The largest absolute Gasteiger partial charge is 0.312 e. The normalized spacial score (nSPS) is 17.9. The van der Waals surface area contributed by atoms with Crippen LogP contribution in [0.5, 0.6) is 0 Å². The van der Waals surface area contributed by atoms with Gasteiger partial charge in [0, 0.05) is 36.1 Å². The van der Waals surface area contributed by atoms with E-state index in [1.165, 1.54) is 22.5 Å². The molecule has 1 unspecified atom stereocenters. The van der Waals surface area contributed by atoms with E-state index in [0.717, 1.165) is 28.6 Å². The number of carbonyl (C=O) groups excluding carboxylic acids is 1. The number of benzene rings is 1. The summed E-state index contributed by atoms with van der Waals surface area (Å²) >= 11 is 3.30. The Balaban J connectivity index is 1.63. The van der Waals surface area contributed by atoms with Crippen molar-refractivity contribution in [3.63, 3.8) is 0 Å². The van der Waals surface area contributed by atoms with Crippen molar-refractivity contribution in [1.82, 2.24) is 15.5 Å². The molecule has 2 aromatic rings. The van der Waals surface area contributed by atoms with Crippen LogP contribution in [0.25, 0.3) is 10.6 Å². The third kappa shape index (κ3) is 4.53. The van der Waals surface area contributed by atoms with Gasteiger partial charge in [0.25, 0.3) is 0 Å². The molecular weight excluding hydrogens is 328 g/mol. The molecule has 1 aliphatic rings. The lowest BCUT2D eigenvalue weighted by Gasteiger charge is -2.22. The summed E-state index contributed by atoms with van der Waals surface area (Å²) in [7, 11) is 0. The van der Waals surface area contributed by atoms with Crippen molar-refractivity contribution >= 4 is 34.1 Å². The van der Waals surface area contributed by atoms with Gasteiger partial charge in [-0.15, -0.1) is 10.2 Å². The second-order valence-corrected chi connectivity index (χ2v) is 7.89. The molecule has 0 aliphatic carbocycles. The van der Waals surface area contributed by atoms with Crippen molar-refractivity contribution in [1.29, 1.82) is 0 Å². The molecule has 1 atom stereocenters. The number of thioether (sulfide) groups is 1. The molecule has 1 aliphatic heterocycles. The average Bonchev–Trinajstić information content (AvgIpc) is 2.95. The number of anilines is 1. The van der Waals surface area contributed by atoms with Crippen LogP contribution in [0.2, 0.25) is 0 Å². The van der Waals surface area contributed by atoms with Gasteiger partial charge in [-0.1, -0.05) is 28.5 Å². The van der Waals surface area contributed by atoms with E-state index >= 15 is 0 Å². The zero-order valence-corrected chi connectivity index (χ0v) is 14.9. The van der Waals surface area contributed by atoms with Gasteiger partial charge in [0.2, 0.25) is 11.0 Å². The fourth-order valence-corrected chi connectivity index (χ4v) is 4.33. The van der Waals surface area contributed by atoms with Gasteiger partial charge in [-0.2, -0.15) is 11.8 Å². The molecule has 2 N–H and O–H groups in total. The zero-order chi connectivity index (χ0) is 16.2. The molecule has 1 aromatic carbocycles. The van der Waals surface area contributed by atoms with Crippen LogP contribution in [0.15, 0.2) is 18.2 Å². The van der Waals surface area contributed by atoms with Gasteiger partial charge in [0.05, 0.1) is 0 Å². The number of nitrogens with one attached hydrogen (secondary N) is 2. The minimum atomic E-state index is -0.00637. The van der Waals surface area contributed by atoms with Gasteiger partial charge in [-0.25, -0.2) is 0 Å². The highest BCUT2D eigenvalue weighted by molar-refractivity contribution is 7.99. The van der Waals surface area contributed by atoms with Crippen molar-refractivity contribution in [3.05, 3.63) is 29.3 Å². The highest BCUT2D eigenvalue weighted by Crippen LogP contribution is 2.28. The predicted molar refractivity (Wildman–Crippen MR) is 97.2 cm³/mol. The van der Waals surface area contributed by atoms with E-state index in [1.807, 2.05) is 11.8 Å². The summed E-state index contributed by atoms with van der Waals surface area (Å²) in [6.45, 7) is 5.10. The first-order chi connectivity index (χ1) is 11.1. The van der Waals surface area contributed by atoms with E-state index in [0.29, 0.717) is 11.6 Å². The molecule has 3 rings (SSSR count). The molecule has 0 saturated carbocycles. The molecule has 122 valence electrons. The fourth-order valence-electron chi connectivity index (χ4n) is 2.63. The molecule has 0 radical (unpaired) electrons. The Kier molecular flexibility index (Phi) is 5.30. The second-order valence-electron chi connectivity index (χ2n) is 5.77. The summed E-state index contributed by atoms with van der Waals surface area (Å²) in [4.78, 5) is 12.1. The van der Waals surface area contributed by atoms with Crippen molar-refractivity contribution in [2.45, 2.75) is 26.3 Å². The van der Waals surface area contributed by atoms with E-state index in [9.17, 15) is 4.79 Å². The second kappa shape index (κ2) is 7.42. The lowest BCUT2D eigenvalue weighted by molar-refractivity contribution is -0.116. The van der Waals surface area contributed by atoms with Gasteiger partial charge >= 0.3 is 0 Å². The van der Waals surface area contributed by atoms with Crippen LogP contribution in [-0.4, -0.2) is 40.2 Å². The minimum absolute atomic E-state index is 0.00637. The number of carbonyl (C=O) groups is 1. The summed E-state index contributed by atoms with van der Waals surface area (Å²) in [6, 6.07) is 6.55. The molecule has 0 spiro atoms. The summed E-state index contributed by atoms with van der Waals surface area (Å²) in [6.07, 6.45) is 0.478. The lowest BCUT2D eigenvalue weighted by atomic mass is 10.1. The molecule has 7 heteroatoms. The van der Waals surface area contributed by atoms with Gasteiger partial charge in [-0.05, 0) is 26.0 Å². The van der Waals surface area contributed by atoms with E-state index in [4.69, 9.17) is 0 Å². The molecule has 1 amide bonds. The molecular formula is C16H20N4OS2. The highest BCUT2D eigenvalue weighted by Gasteiger charge is 2.18. The average molecular weight is 348 g/mol. The number of aryl methyl sites for hydroxylation is 2. The quantitative estimate of drug-likeness (QED) is 0.889. The van der Waals surface area contributed by atoms with Crippen LogP contribution in [0.1, 0.15) is 17.5 Å². The standard InChI is InChI=1S/C16H20N4OS2/c1-10-5-11(2)7-12(6-10)15-19-20-16(23-15)18-14(21)8-13-9-22-4-3-17-13/h5-7,13,17H,3-4,8-9H2,1-2H3,(H,18,20,21). The van der Waals surface area contributed by atoms with E-state index in [1.54, 1.807) is 0 Å². The van der Waals surface area contributed by atoms with Gasteiger partial charge in [-0.3, -0.25) is 4.79 Å². The maximum absolute atomic E-state index is 12.1. The smallest absolute Gasteiger partial charge is 0.227 e. The monoisotopic (exact) mass is 348 g/mol. The van der Waals surface area contributed by atoms with Crippen molar-refractivity contribution < 1.29 is 4.79 Å². The minimum Gasteiger partial charge on any atom is -0.312 e. The Morgan fingerprint density at radius 2 is 2.09 bits per heavy atom. The Morgan fingerprint density at radius 1 is 1.30 bits per heavy atom. The van der Waals surface area contributed by atoms with Crippen LogP contribution < -0.4 is 10.6 Å². The number of aromatic nitrogens is 2. The van der Waals surface area contributed by atoms with Crippen molar-refractivity contribution in [2.24, 2.45) is 0 Å². The van der Waals surface area contributed by atoms with Crippen LogP contribution in [0.3, 0.4) is 0 Å². The first-order valence-corrected chi connectivity index (χ1v) is 9.60. The number of rotatable bonds is 4. The molecule has 1 aromatic heterocycles. The first kappa shape index (κ1) is 16.4. The molecule has 2 heterocycles. The maximum Gasteiger partial charge on any atom is 0.227 e. The predicted octanol–water partition coefficient (Wildman–Crippen LogP) is 2.86. The summed E-state index contributed by atoms with van der Waals surface area (Å²) in [5, 5.41) is 15.9. The summed E-state index contributed by atoms with van der Waals surface area (Å²) < 4.78 is 0. The number of nitrogens with zero attached hydrogens (tertiary/aromatic N) is 2. The fraction of sp³-hybridized carbons (Fsp3) is 0.438. The third-order valence-corrected chi connectivity index (χ3v) is 5.59. The van der Waals surface area contributed by atoms with Gasteiger partial charge < -0.3 is 10.6 Å². The van der Waals surface area contributed by atoms with E-state index < -0.39 is 0 Å². The van der Waals surface area contributed by atoms with Crippen LogP contribution in [0, 0.1) is 13.8 Å². The number of amides is 1. The summed E-state index contributed by atoms with van der Waals surface area (Å²) in [5.74, 6) is 2.10. The Hall–Kier alpha value is -1.44. The molecule has 0 bridgehead atoms. The zero-order valence-electron chi connectivity index (χ0n) is 13.3. The van der Waals surface area contributed by atoms with Gasteiger partial charge in [0.15, 0.2) is 0 Å². The summed E-state index contributed by atoms with van der Waals surface area (Å²) in [5.41, 5.74) is 3.44. The van der Waals surface area contributed by atoms with Crippen LogP contribution in [0.4, 0.5) is 5.13 Å². The number of hydrogen-bond donors (Lipinski definition) is 2. The molecule has 1 fully saturated rings. The topological polar surface area (TPSA) is 66.9 Å². The van der Waals surface area contributed by atoms with Crippen LogP contribution in [-0.2, 0) is 4.79 Å². The lowest BCUT2D eigenvalue weighted by Crippen LogP contribution is -2.39. The van der Waals surface area contributed by atoms with Crippen molar-refractivity contribution in [3.8, 4) is 10.6 Å². The molecule has 1 saturated heterocycles. The van der Waals surface area contributed by atoms with E-state index in [-0.39, 0.29) is 11.9 Å². The van der Waals surface area contributed by atoms with Crippen LogP contribution >= 0.6 is 23.1 Å². The molecule has 5 nitrogen and oxygen atoms in total. The first-order valence-electron chi connectivity index (χ1n) is 7.63. The van der Waals surface area contributed by atoms with E-state index in [2.05, 4.69) is 52.9 Å². The van der Waals surface area contributed by atoms with Gasteiger partial charge in [0.1, 0.15) is 5.01 Å². The SMILES string of the molecule is Cc1cc(C)cc(-c2nnc(NC(=O)CC3CSCCN3)s2)c1. The highest BCUT2D eigenvalue weighted by atomic mass is 32.2. The maximum atomic E-state index is 12.1. The molecule has 23 heavy (non-hydrogen) atoms. The Labute approximate surface area is 144 Å².